The van der Waals surface area contributed by atoms with Gasteiger partial charge in [0, 0.05) is 13.0 Å². The Kier molecular flexibility index (Phi) is 3.06. The zero-order valence-electron chi connectivity index (χ0n) is 9.79. The van der Waals surface area contributed by atoms with Crippen LogP contribution in [0.25, 0.3) is 5.65 Å². The zero-order valence-corrected chi connectivity index (χ0v) is 9.79. The van der Waals surface area contributed by atoms with Crippen LogP contribution in [-0.2, 0) is 6.42 Å². The lowest BCUT2D eigenvalue weighted by Crippen LogP contribution is -2.17. The summed E-state index contributed by atoms with van der Waals surface area (Å²) in [5.74, 6) is -0.298. The van der Waals surface area contributed by atoms with Crippen molar-refractivity contribution in [2.24, 2.45) is 0 Å². The van der Waals surface area contributed by atoms with E-state index in [0.29, 0.717) is 17.9 Å². The molecule has 1 N–H and O–H groups in total. The van der Waals surface area contributed by atoms with Crippen molar-refractivity contribution in [2.45, 2.75) is 6.42 Å². The fraction of sp³-hybridized carbons (Fsp3) is 0.364. The second-order valence-electron chi connectivity index (χ2n) is 4.08. The molecule has 6 nitrogen and oxygen atoms in total. The molecule has 0 amide bonds. The van der Waals surface area contributed by atoms with Crippen LogP contribution in [0.2, 0.25) is 0 Å². The fourth-order valence-corrected chi connectivity index (χ4v) is 1.65. The number of nitrogens with zero attached hydrogens (tertiary/aromatic N) is 4. The van der Waals surface area contributed by atoms with E-state index in [1.165, 1.54) is 0 Å². The standard InChI is InChI=1S/C11H14N4O2/c1-14(2)7-6-10-13-12-9-5-3-4-8(11(16)17)15(9)10/h3-5H,6-7H2,1-2H3,(H,16,17). The van der Waals surface area contributed by atoms with E-state index in [1.807, 2.05) is 19.0 Å². The Morgan fingerprint density at radius 3 is 2.82 bits per heavy atom. The van der Waals surface area contributed by atoms with Gasteiger partial charge in [-0.25, -0.2) is 4.79 Å². The lowest BCUT2D eigenvalue weighted by atomic mass is 10.3. The average Bonchev–Trinajstić information content (AvgIpc) is 2.69. The minimum Gasteiger partial charge on any atom is -0.477 e. The second-order valence-corrected chi connectivity index (χ2v) is 4.08. The summed E-state index contributed by atoms with van der Waals surface area (Å²) in [5, 5.41) is 17.1. The Bertz CT molecular complexity index is 547. The molecular formula is C11H14N4O2. The third-order valence-corrected chi connectivity index (χ3v) is 2.50. The molecule has 0 aromatic carbocycles. The fourth-order valence-electron chi connectivity index (χ4n) is 1.65. The van der Waals surface area contributed by atoms with E-state index in [0.717, 1.165) is 6.54 Å². The van der Waals surface area contributed by atoms with E-state index in [2.05, 4.69) is 10.2 Å². The number of pyridine rings is 1. The van der Waals surface area contributed by atoms with Gasteiger partial charge in [0.05, 0.1) is 0 Å². The van der Waals surface area contributed by atoms with Gasteiger partial charge >= 0.3 is 5.97 Å². The van der Waals surface area contributed by atoms with Gasteiger partial charge in [0.2, 0.25) is 0 Å². The first-order valence-corrected chi connectivity index (χ1v) is 5.30. The van der Waals surface area contributed by atoms with Crippen LogP contribution in [0, 0.1) is 0 Å². The van der Waals surface area contributed by atoms with Crippen molar-refractivity contribution in [3.63, 3.8) is 0 Å². The Morgan fingerprint density at radius 1 is 1.41 bits per heavy atom. The van der Waals surface area contributed by atoms with E-state index >= 15 is 0 Å². The molecule has 0 spiro atoms. The molecule has 2 heterocycles. The highest BCUT2D eigenvalue weighted by molar-refractivity contribution is 5.86. The summed E-state index contributed by atoms with van der Waals surface area (Å²) in [5.41, 5.74) is 0.764. The van der Waals surface area contributed by atoms with Crippen molar-refractivity contribution in [2.75, 3.05) is 20.6 Å². The molecule has 0 radical (unpaired) electrons. The average molecular weight is 234 g/mol. The first-order chi connectivity index (χ1) is 8.09. The van der Waals surface area contributed by atoms with E-state index in [1.54, 1.807) is 22.6 Å². The molecule has 0 bridgehead atoms. The minimum atomic E-state index is -0.971. The third kappa shape index (κ3) is 2.26. The molecule has 0 saturated heterocycles. The third-order valence-electron chi connectivity index (χ3n) is 2.50. The molecule has 0 aliphatic carbocycles. The summed E-state index contributed by atoms with van der Waals surface area (Å²) < 4.78 is 1.59. The van der Waals surface area contributed by atoms with Crippen LogP contribution < -0.4 is 0 Å². The van der Waals surface area contributed by atoms with Crippen molar-refractivity contribution in [3.8, 4) is 0 Å². The number of aromatic carboxylic acids is 1. The predicted molar refractivity (Wildman–Crippen MR) is 62.2 cm³/mol. The molecule has 0 atom stereocenters. The van der Waals surface area contributed by atoms with Crippen molar-refractivity contribution in [3.05, 3.63) is 29.7 Å². The van der Waals surface area contributed by atoms with Crippen LogP contribution in [0.15, 0.2) is 18.2 Å². The molecule has 0 unspecified atom stereocenters. The topological polar surface area (TPSA) is 70.7 Å². The number of aromatic nitrogens is 3. The number of hydrogen-bond donors (Lipinski definition) is 1. The smallest absolute Gasteiger partial charge is 0.352 e. The van der Waals surface area contributed by atoms with E-state index < -0.39 is 5.97 Å². The molecule has 2 rings (SSSR count). The van der Waals surface area contributed by atoms with Gasteiger partial charge in [-0.15, -0.1) is 10.2 Å². The van der Waals surface area contributed by atoms with E-state index in [9.17, 15) is 4.79 Å². The summed E-state index contributed by atoms with van der Waals surface area (Å²) in [4.78, 5) is 13.1. The normalized spacial score (nSPS) is 11.2. The Labute approximate surface area is 98.5 Å². The molecule has 6 heteroatoms. The van der Waals surface area contributed by atoms with Gasteiger partial charge in [0.15, 0.2) is 5.65 Å². The number of carbonyl (C=O) groups is 1. The van der Waals surface area contributed by atoms with Crippen molar-refractivity contribution in [1.82, 2.24) is 19.5 Å². The minimum absolute atomic E-state index is 0.196. The van der Waals surface area contributed by atoms with Crippen LogP contribution in [0.4, 0.5) is 0 Å². The number of fused-ring (bicyclic) bond motifs is 1. The first kappa shape index (κ1) is 11.5. The monoisotopic (exact) mass is 234 g/mol. The molecule has 0 fully saturated rings. The molecule has 0 saturated carbocycles. The van der Waals surface area contributed by atoms with Gasteiger partial charge < -0.3 is 10.0 Å². The van der Waals surface area contributed by atoms with Crippen molar-refractivity contribution < 1.29 is 9.90 Å². The Balaban J connectivity index is 2.46. The number of likely N-dealkylation sites (N-methyl/N-ethyl adjacent to an activating group) is 1. The molecular weight excluding hydrogens is 220 g/mol. The summed E-state index contributed by atoms with van der Waals surface area (Å²) in [6.45, 7) is 0.800. The van der Waals surface area contributed by atoms with Crippen LogP contribution in [-0.4, -0.2) is 51.2 Å². The number of hydrogen-bond acceptors (Lipinski definition) is 4. The highest BCUT2D eigenvalue weighted by atomic mass is 16.4. The second kappa shape index (κ2) is 4.50. The van der Waals surface area contributed by atoms with Crippen molar-refractivity contribution in [1.29, 1.82) is 0 Å². The molecule has 0 aliphatic rings. The maximum absolute atomic E-state index is 11.1. The molecule has 2 aromatic heterocycles. The van der Waals surface area contributed by atoms with Gasteiger partial charge in [-0.05, 0) is 26.2 Å². The van der Waals surface area contributed by atoms with Gasteiger partial charge in [0.25, 0.3) is 0 Å². The summed E-state index contributed by atoms with van der Waals surface area (Å²) in [6.07, 6.45) is 0.665. The highest BCUT2D eigenvalue weighted by Gasteiger charge is 2.13. The maximum Gasteiger partial charge on any atom is 0.352 e. The number of carboxylic acid groups (broad SMARTS) is 1. The van der Waals surface area contributed by atoms with Gasteiger partial charge in [-0.3, -0.25) is 4.40 Å². The lowest BCUT2D eigenvalue weighted by Gasteiger charge is -2.08. The summed E-state index contributed by atoms with van der Waals surface area (Å²) in [7, 11) is 3.92. The molecule has 90 valence electrons. The summed E-state index contributed by atoms with van der Waals surface area (Å²) in [6, 6.07) is 4.97. The van der Waals surface area contributed by atoms with Crippen LogP contribution >= 0.6 is 0 Å². The van der Waals surface area contributed by atoms with E-state index in [4.69, 9.17) is 5.11 Å². The molecule has 17 heavy (non-hydrogen) atoms. The largest absolute Gasteiger partial charge is 0.477 e. The maximum atomic E-state index is 11.1. The van der Waals surface area contributed by atoms with Crippen LogP contribution in [0.3, 0.4) is 0 Å². The van der Waals surface area contributed by atoms with Gasteiger partial charge in [-0.1, -0.05) is 6.07 Å². The number of rotatable bonds is 4. The Morgan fingerprint density at radius 2 is 2.18 bits per heavy atom. The molecule has 0 aliphatic heterocycles. The summed E-state index contributed by atoms with van der Waals surface area (Å²) >= 11 is 0. The van der Waals surface area contributed by atoms with Gasteiger partial charge in [-0.2, -0.15) is 0 Å². The van der Waals surface area contributed by atoms with Crippen LogP contribution in [0.1, 0.15) is 16.3 Å². The predicted octanol–water partition coefficient (Wildman–Crippen LogP) is 0.532. The van der Waals surface area contributed by atoms with Crippen molar-refractivity contribution >= 4 is 11.6 Å². The van der Waals surface area contributed by atoms with Crippen LogP contribution in [0.5, 0.6) is 0 Å². The Hall–Kier alpha value is -1.95. The number of carboxylic acids is 1. The zero-order chi connectivity index (χ0) is 12.4. The molecule has 2 aromatic rings. The lowest BCUT2D eigenvalue weighted by molar-refractivity contribution is 0.0688. The van der Waals surface area contributed by atoms with E-state index in [-0.39, 0.29) is 5.69 Å². The van der Waals surface area contributed by atoms with Gasteiger partial charge in [0.1, 0.15) is 11.5 Å². The highest BCUT2D eigenvalue weighted by Crippen LogP contribution is 2.09. The quantitative estimate of drug-likeness (QED) is 0.835. The SMILES string of the molecule is CN(C)CCc1nnc2cccc(C(=O)O)n12. The first-order valence-electron chi connectivity index (χ1n) is 5.30.